The largest absolute Gasteiger partial charge is 0.399 e. The van der Waals surface area contributed by atoms with Crippen molar-refractivity contribution in [1.82, 2.24) is 10.2 Å². The molecule has 1 atom stereocenters. The normalized spacial score (nSPS) is 23.1. The lowest BCUT2D eigenvalue weighted by atomic mass is 10.0. The number of nitrogen functional groups attached to an aromatic ring is 1. The molecule has 21 heavy (non-hydrogen) atoms. The number of hydrogen-bond donors (Lipinski definition) is 3. The third-order valence-electron chi connectivity index (χ3n) is 4.65. The first kappa shape index (κ1) is 14.4. The molecule has 0 bridgehead atoms. The number of nitrogens with one attached hydrogen (secondary N) is 1. The van der Waals surface area contributed by atoms with Crippen molar-refractivity contribution in [2.45, 2.75) is 37.8 Å². The van der Waals surface area contributed by atoms with E-state index in [0.29, 0.717) is 18.6 Å². The molecule has 5 heteroatoms. The predicted octanol–water partition coefficient (Wildman–Crippen LogP) is 0.795. The van der Waals surface area contributed by atoms with Gasteiger partial charge in [0.25, 0.3) is 0 Å². The maximum Gasteiger partial charge on any atom is 0.231 e. The lowest BCUT2D eigenvalue weighted by Crippen LogP contribution is -2.45. The van der Waals surface area contributed by atoms with E-state index in [4.69, 9.17) is 11.5 Å². The highest BCUT2D eigenvalue weighted by Gasteiger charge is 2.27. The molecule has 0 radical (unpaired) electrons. The van der Waals surface area contributed by atoms with Gasteiger partial charge in [0.2, 0.25) is 5.91 Å². The zero-order chi connectivity index (χ0) is 14.8. The molecule has 0 saturated carbocycles. The number of carbonyl (C=O) groups is 1. The summed E-state index contributed by atoms with van der Waals surface area (Å²) < 4.78 is 0. The Labute approximate surface area is 125 Å². The summed E-state index contributed by atoms with van der Waals surface area (Å²) in [5, 5.41) is 3.78. The topological polar surface area (TPSA) is 84.4 Å². The molecule has 2 aliphatic rings. The van der Waals surface area contributed by atoms with Crippen LogP contribution in [0.25, 0.3) is 0 Å². The van der Waals surface area contributed by atoms with Crippen LogP contribution in [-0.4, -0.2) is 36.5 Å². The van der Waals surface area contributed by atoms with Crippen molar-refractivity contribution in [3.8, 4) is 0 Å². The van der Waals surface area contributed by atoms with Crippen molar-refractivity contribution in [2.75, 3.05) is 25.4 Å². The van der Waals surface area contributed by atoms with Gasteiger partial charge in [0.1, 0.15) is 0 Å². The Hall–Kier alpha value is -1.59. The highest BCUT2D eigenvalue weighted by atomic mass is 16.1. The summed E-state index contributed by atoms with van der Waals surface area (Å²) in [6, 6.07) is 7.24. The molecule has 5 N–H and O–H groups in total. The molecule has 1 aliphatic carbocycles. The van der Waals surface area contributed by atoms with Gasteiger partial charge in [-0.1, -0.05) is 6.07 Å². The molecule has 1 fully saturated rings. The van der Waals surface area contributed by atoms with E-state index in [-0.39, 0.29) is 5.91 Å². The number of fused-ring (bicyclic) bond motifs is 1. The smallest absolute Gasteiger partial charge is 0.231 e. The molecular weight excluding hydrogens is 264 g/mol. The Morgan fingerprint density at radius 1 is 1.29 bits per heavy atom. The third-order valence-corrected chi connectivity index (χ3v) is 4.65. The maximum absolute atomic E-state index is 10.9. The fraction of sp³-hybridized carbons (Fsp3) is 0.562. The standard InChI is InChI=1S/C16H24N4O/c17-12-2-3-14-11(9-12)1-4-15(14)19-13-5-7-20(8-6-13)10-16(18)21/h2-3,9,13,15,19H,1,4-8,10,17H2,(H2,18,21). The number of benzene rings is 1. The number of likely N-dealkylation sites (tertiary alicyclic amines) is 1. The fourth-order valence-electron chi connectivity index (χ4n) is 3.57. The second-order valence-corrected chi connectivity index (χ2v) is 6.23. The number of hydrogen-bond acceptors (Lipinski definition) is 4. The second kappa shape index (κ2) is 6.03. The van der Waals surface area contributed by atoms with E-state index in [2.05, 4.69) is 22.3 Å². The van der Waals surface area contributed by atoms with Crippen LogP contribution < -0.4 is 16.8 Å². The lowest BCUT2D eigenvalue weighted by molar-refractivity contribution is -0.119. The molecule has 1 heterocycles. The van der Waals surface area contributed by atoms with Gasteiger partial charge in [0.05, 0.1) is 6.54 Å². The first-order valence-electron chi connectivity index (χ1n) is 7.77. The van der Waals surface area contributed by atoms with Crippen LogP contribution in [0.2, 0.25) is 0 Å². The molecule has 1 unspecified atom stereocenters. The number of aryl methyl sites for hydroxylation is 1. The number of nitrogens with zero attached hydrogens (tertiary/aromatic N) is 1. The molecule has 1 aromatic rings. The summed E-state index contributed by atoms with van der Waals surface area (Å²) in [6.07, 6.45) is 4.42. The van der Waals surface area contributed by atoms with E-state index in [0.717, 1.165) is 44.5 Å². The SMILES string of the molecule is NC(=O)CN1CCC(NC2CCc3cc(N)ccc32)CC1. The van der Waals surface area contributed by atoms with Crippen LogP contribution in [0.1, 0.15) is 36.4 Å². The van der Waals surface area contributed by atoms with Gasteiger partial charge in [-0.25, -0.2) is 0 Å². The number of carbonyl (C=O) groups excluding carboxylic acids is 1. The quantitative estimate of drug-likeness (QED) is 0.715. The number of anilines is 1. The van der Waals surface area contributed by atoms with Gasteiger partial charge in [-0.05, 0) is 48.9 Å². The van der Waals surface area contributed by atoms with Crippen LogP contribution in [0.5, 0.6) is 0 Å². The van der Waals surface area contributed by atoms with Crippen molar-refractivity contribution in [1.29, 1.82) is 0 Å². The molecule has 3 rings (SSSR count). The molecule has 1 aliphatic heterocycles. The number of piperidine rings is 1. The average Bonchev–Trinajstić information content (AvgIpc) is 2.83. The summed E-state index contributed by atoms with van der Waals surface area (Å²) >= 11 is 0. The first-order chi connectivity index (χ1) is 10.1. The van der Waals surface area contributed by atoms with E-state index in [1.165, 1.54) is 11.1 Å². The minimum atomic E-state index is -0.233. The Bertz CT molecular complexity index is 523. The van der Waals surface area contributed by atoms with Gasteiger partial charge >= 0.3 is 0 Å². The molecule has 114 valence electrons. The van der Waals surface area contributed by atoms with E-state index in [9.17, 15) is 4.79 Å². The van der Waals surface area contributed by atoms with Gasteiger partial charge in [-0.15, -0.1) is 0 Å². The number of amides is 1. The monoisotopic (exact) mass is 288 g/mol. The minimum Gasteiger partial charge on any atom is -0.399 e. The maximum atomic E-state index is 10.9. The van der Waals surface area contributed by atoms with E-state index < -0.39 is 0 Å². The van der Waals surface area contributed by atoms with Gasteiger partial charge in [0, 0.05) is 30.9 Å². The predicted molar refractivity (Wildman–Crippen MR) is 83.7 cm³/mol. The van der Waals surface area contributed by atoms with E-state index in [1.807, 2.05) is 6.07 Å². The highest BCUT2D eigenvalue weighted by molar-refractivity contribution is 5.75. The van der Waals surface area contributed by atoms with E-state index >= 15 is 0 Å². The molecular formula is C16H24N4O. The van der Waals surface area contributed by atoms with Crippen LogP contribution in [0.4, 0.5) is 5.69 Å². The molecule has 1 saturated heterocycles. The molecule has 1 amide bonds. The van der Waals surface area contributed by atoms with Crippen LogP contribution >= 0.6 is 0 Å². The average molecular weight is 288 g/mol. The van der Waals surface area contributed by atoms with Gasteiger partial charge in [0.15, 0.2) is 0 Å². The van der Waals surface area contributed by atoms with Crippen LogP contribution in [-0.2, 0) is 11.2 Å². The zero-order valence-corrected chi connectivity index (χ0v) is 12.3. The second-order valence-electron chi connectivity index (χ2n) is 6.23. The van der Waals surface area contributed by atoms with Gasteiger partial charge in [-0.2, -0.15) is 0 Å². The Kier molecular flexibility index (Phi) is 4.12. The van der Waals surface area contributed by atoms with Crippen LogP contribution in [0.15, 0.2) is 18.2 Å². The van der Waals surface area contributed by atoms with Crippen LogP contribution in [0.3, 0.4) is 0 Å². The molecule has 0 spiro atoms. The first-order valence-corrected chi connectivity index (χ1v) is 7.77. The van der Waals surface area contributed by atoms with Gasteiger partial charge < -0.3 is 16.8 Å². The van der Waals surface area contributed by atoms with Crippen molar-refractivity contribution in [3.05, 3.63) is 29.3 Å². The fourth-order valence-corrected chi connectivity index (χ4v) is 3.57. The lowest BCUT2D eigenvalue weighted by Gasteiger charge is -2.33. The minimum absolute atomic E-state index is 0.233. The van der Waals surface area contributed by atoms with Crippen molar-refractivity contribution >= 4 is 11.6 Å². The molecule has 1 aromatic carbocycles. The van der Waals surface area contributed by atoms with E-state index in [1.54, 1.807) is 0 Å². The summed E-state index contributed by atoms with van der Waals surface area (Å²) in [6.45, 7) is 2.28. The van der Waals surface area contributed by atoms with Gasteiger partial charge in [-0.3, -0.25) is 9.69 Å². The van der Waals surface area contributed by atoms with Crippen molar-refractivity contribution in [2.24, 2.45) is 5.73 Å². The molecule has 0 aromatic heterocycles. The Morgan fingerprint density at radius 2 is 2.05 bits per heavy atom. The molecule has 5 nitrogen and oxygen atoms in total. The van der Waals surface area contributed by atoms with Crippen molar-refractivity contribution < 1.29 is 4.79 Å². The summed E-state index contributed by atoms with van der Waals surface area (Å²) in [5.74, 6) is -0.233. The van der Waals surface area contributed by atoms with Crippen LogP contribution in [0, 0.1) is 0 Å². The summed E-state index contributed by atoms with van der Waals surface area (Å²) in [4.78, 5) is 13.1. The number of primary amides is 1. The summed E-state index contributed by atoms with van der Waals surface area (Å²) in [5.41, 5.74) is 14.8. The summed E-state index contributed by atoms with van der Waals surface area (Å²) in [7, 11) is 0. The Morgan fingerprint density at radius 3 is 2.76 bits per heavy atom. The van der Waals surface area contributed by atoms with Crippen molar-refractivity contribution in [3.63, 3.8) is 0 Å². The Balaban J connectivity index is 1.54. The zero-order valence-electron chi connectivity index (χ0n) is 12.3. The highest BCUT2D eigenvalue weighted by Crippen LogP contribution is 2.33. The third kappa shape index (κ3) is 3.36. The number of rotatable bonds is 4. The number of nitrogens with two attached hydrogens (primary N) is 2.